The van der Waals surface area contributed by atoms with Gasteiger partial charge in [-0.3, -0.25) is 4.79 Å². The molecule has 7 nitrogen and oxygen atoms in total. The highest BCUT2D eigenvalue weighted by atomic mass is 32.2. The monoisotopic (exact) mass is 462 g/mol. The van der Waals surface area contributed by atoms with Crippen LogP contribution >= 0.6 is 11.8 Å². The molecule has 31 heavy (non-hydrogen) atoms. The number of hydrogen-bond acceptors (Lipinski definition) is 6. The zero-order chi connectivity index (χ0) is 22.4. The van der Waals surface area contributed by atoms with Crippen LogP contribution < -0.4 is 5.32 Å². The normalized spacial score (nSPS) is 17.2. The van der Waals surface area contributed by atoms with Crippen LogP contribution in [0.2, 0.25) is 0 Å². The van der Waals surface area contributed by atoms with Crippen LogP contribution in [-0.2, 0) is 19.6 Å². The highest BCUT2D eigenvalue weighted by Gasteiger charge is 2.31. The summed E-state index contributed by atoms with van der Waals surface area (Å²) in [5, 5.41) is 2.66. The van der Waals surface area contributed by atoms with Crippen LogP contribution in [0.15, 0.2) is 58.3 Å². The number of sulfonamides is 1. The number of anilines is 1. The molecule has 0 aliphatic carbocycles. The summed E-state index contributed by atoms with van der Waals surface area (Å²) in [5.41, 5.74) is 0.795. The first-order valence-corrected chi connectivity index (χ1v) is 12.7. The Kier molecular flexibility index (Phi) is 7.74. The minimum Gasteiger partial charge on any atom is -0.452 e. The van der Waals surface area contributed by atoms with Crippen molar-refractivity contribution in [1.29, 1.82) is 0 Å². The second-order valence-electron chi connectivity index (χ2n) is 7.34. The summed E-state index contributed by atoms with van der Waals surface area (Å²) in [6.07, 6.45) is 4.67. The van der Waals surface area contributed by atoms with Gasteiger partial charge in [-0.25, -0.2) is 13.2 Å². The minimum atomic E-state index is -3.60. The zero-order valence-electron chi connectivity index (χ0n) is 17.5. The number of rotatable bonds is 7. The van der Waals surface area contributed by atoms with Crippen LogP contribution in [0.1, 0.15) is 36.5 Å². The highest BCUT2D eigenvalue weighted by Crippen LogP contribution is 2.25. The Morgan fingerprint density at radius 3 is 2.39 bits per heavy atom. The van der Waals surface area contributed by atoms with Crippen molar-refractivity contribution in [3.63, 3.8) is 0 Å². The van der Waals surface area contributed by atoms with E-state index < -0.39 is 28.5 Å². The van der Waals surface area contributed by atoms with E-state index in [1.54, 1.807) is 23.9 Å². The van der Waals surface area contributed by atoms with Gasteiger partial charge in [0.15, 0.2) is 6.61 Å². The highest BCUT2D eigenvalue weighted by molar-refractivity contribution is 7.98. The number of nitrogens with one attached hydrogen (secondary N) is 1. The van der Waals surface area contributed by atoms with Crippen LogP contribution in [0.3, 0.4) is 0 Å². The van der Waals surface area contributed by atoms with Crippen LogP contribution in [-0.4, -0.2) is 50.0 Å². The molecule has 1 heterocycles. The standard InChI is InChI=1S/C22H26N2O5S2/c1-16-5-3-4-14-24(16)31(27,28)20-12-6-17(7-13-20)22(26)29-15-21(25)23-18-8-10-19(30-2)11-9-18/h6-13,16H,3-5,14-15H2,1-2H3,(H,23,25). The number of hydrogen-bond donors (Lipinski definition) is 1. The Morgan fingerprint density at radius 1 is 1.10 bits per heavy atom. The number of esters is 1. The second-order valence-corrected chi connectivity index (χ2v) is 10.1. The number of benzene rings is 2. The van der Waals surface area contributed by atoms with Crippen molar-refractivity contribution in [2.45, 2.75) is 42.0 Å². The Labute approximate surface area is 187 Å². The van der Waals surface area contributed by atoms with E-state index in [1.807, 2.05) is 25.3 Å². The minimum absolute atomic E-state index is 0.0427. The molecule has 2 aromatic carbocycles. The van der Waals surface area contributed by atoms with Crippen molar-refractivity contribution >= 4 is 39.3 Å². The molecule has 0 saturated carbocycles. The number of ether oxygens (including phenoxy) is 1. The number of carbonyl (C=O) groups excluding carboxylic acids is 2. The molecule has 1 atom stereocenters. The molecule has 0 bridgehead atoms. The van der Waals surface area contributed by atoms with Gasteiger partial charge in [-0.1, -0.05) is 6.42 Å². The Balaban J connectivity index is 1.56. The summed E-state index contributed by atoms with van der Waals surface area (Å²) >= 11 is 1.60. The molecular weight excluding hydrogens is 436 g/mol. The van der Waals surface area contributed by atoms with Gasteiger partial charge >= 0.3 is 5.97 Å². The lowest BCUT2D eigenvalue weighted by Crippen LogP contribution is -2.41. The lowest BCUT2D eigenvalue weighted by molar-refractivity contribution is -0.119. The average molecular weight is 463 g/mol. The largest absolute Gasteiger partial charge is 0.452 e. The van der Waals surface area contributed by atoms with Gasteiger partial charge in [0.2, 0.25) is 10.0 Å². The summed E-state index contributed by atoms with van der Waals surface area (Å²) in [4.78, 5) is 25.5. The van der Waals surface area contributed by atoms with Crippen LogP contribution in [0.25, 0.3) is 0 Å². The maximum Gasteiger partial charge on any atom is 0.338 e. The van der Waals surface area contributed by atoms with Gasteiger partial charge in [-0.05, 0) is 74.6 Å². The SMILES string of the molecule is CSc1ccc(NC(=O)COC(=O)c2ccc(S(=O)(=O)N3CCCCC3C)cc2)cc1. The fraction of sp³-hybridized carbons (Fsp3) is 0.364. The molecule has 1 unspecified atom stereocenters. The average Bonchev–Trinajstić information content (AvgIpc) is 2.78. The fourth-order valence-corrected chi connectivity index (χ4v) is 5.52. The molecule has 1 fully saturated rings. The summed E-state index contributed by atoms with van der Waals surface area (Å²) < 4.78 is 32.3. The molecule has 2 aromatic rings. The van der Waals surface area contributed by atoms with Crippen LogP contribution in [0, 0.1) is 0 Å². The summed E-state index contributed by atoms with van der Waals surface area (Å²) in [6.45, 7) is 1.97. The van der Waals surface area contributed by atoms with Crippen molar-refractivity contribution in [1.82, 2.24) is 4.31 Å². The molecule has 0 radical (unpaired) electrons. The molecule has 1 aliphatic rings. The predicted octanol–water partition coefficient (Wildman–Crippen LogP) is 3.77. The van der Waals surface area contributed by atoms with Crippen LogP contribution in [0.5, 0.6) is 0 Å². The van der Waals surface area contributed by atoms with Gasteiger partial charge in [0.25, 0.3) is 5.91 Å². The molecule has 9 heteroatoms. The molecule has 166 valence electrons. The maximum atomic E-state index is 12.9. The molecule has 0 spiro atoms. The second kappa shape index (κ2) is 10.3. The van der Waals surface area contributed by atoms with E-state index in [0.717, 1.165) is 24.2 Å². The van der Waals surface area contributed by atoms with E-state index in [2.05, 4.69) is 5.32 Å². The molecule has 3 rings (SSSR count). The maximum absolute atomic E-state index is 12.9. The quantitative estimate of drug-likeness (QED) is 0.497. The van der Waals surface area contributed by atoms with Crippen molar-refractivity contribution < 1.29 is 22.7 Å². The van der Waals surface area contributed by atoms with Crippen molar-refractivity contribution in [2.75, 3.05) is 24.7 Å². The summed E-state index contributed by atoms with van der Waals surface area (Å²) in [7, 11) is -3.60. The third kappa shape index (κ3) is 5.87. The van der Waals surface area contributed by atoms with E-state index in [1.165, 1.54) is 28.6 Å². The number of amides is 1. The molecule has 1 aliphatic heterocycles. The van der Waals surface area contributed by atoms with Gasteiger partial charge in [-0.15, -0.1) is 11.8 Å². The molecule has 1 amide bonds. The van der Waals surface area contributed by atoms with Gasteiger partial charge in [0.1, 0.15) is 0 Å². The van der Waals surface area contributed by atoms with Crippen molar-refractivity contribution in [2.24, 2.45) is 0 Å². The third-order valence-electron chi connectivity index (χ3n) is 5.15. The lowest BCUT2D eigenvalue weighted by Gasteiger charge is -2.32. The fourth-order valence-electron chi connectivity index (χ4n) is 3.41. The summed E-state index contributed by atoms with van der Waals surface area (Å²) in [6, 6.07) is 12.9. The van der Waals surface area contributed by atoms with Gasteiger partial charge in [0, 0.05) is 23.2 Å². The van der Waals surface area contributed by atoms with E-state index in [-0.39, 0.29) is 16.5 Å². The van der Waals surface area contributed by atoms with E-state index in [9.17, 15) is 18.0 Å². The lowest BCUT2D eigenvalue weighted by atomic mass is 10.1. The smallest absolute Gasteiger partial charge is 0.338 e. The van der Waals surface area contributed by atoms with Gasteiger partial charge in [0.05, 0.1) is 10.5 Å². The molecule has 0 aromatic heterocycles. The van der Waals surface area contributed by atoms with E-state index >= 15 is 0 Å². The van der Waals surface area contributed by atoms with E-state index in [4.69, 9.17) is 4.74 Å². The summed E-state index contributed by atoms with van der Waals surface area (Å²) in [5.74, 6) is -1.15. The van der Waals surface area contributed by atoms with Crippen LogP contribution in [0.4, 0.5) is 5.69 Å². The van der Waals surface area contributed by atoms with E-state index in [0.29, 0.717) is 12.2 Å². The molecule has 1 N–H and O–H groups in total. The topological polar surface area (TPSA) is 92.8 Å². The first kappa shape index (κ1) is 23.3. The van der Waals surface area contributed by atoms with Crippen molar-refractivity contribution in [3.8, 4) is 0 Å². The number of carbonyl (C=O) groups is 2. The number of thioether (sulfide) groups is 1. The first-order valence-electron chi connectivity index (χ1n) is 10.0. The first-order chi connectivity index (χ1) is 14.8. The van der Waals surface area contributed by atoms with Gasteiger partial charge in [-0.2, -0.15) is 4.31 Å². The molecule has 1 saturated heterocycles. The van der Waals surface area contributed by atoms with Crippen molar-refractivity contribution in [3.05, 3.63) is 54.1 Å². The number of nitrogens with zero attached hydrogens (tertiary/aromatic N) is 1. The Morgan fingerprint density at radius 2 is 1.77 bits per heavy atom. The number of piperidine rings is 1. The zero-order valence-corrected chi connectivity index (χ0v) is 19.2. The third-order valence-corrected chi connectivity index (χ3v) is 7.92. The Bertz CT molecular complexity index is 1020. The predicted molar refractivity (Wildman–Crippen MR) is 121 cm³/mol. The van der Waals surface area contributed by atoms with Gasteiger partial charge < -0.3 is 10.1 Å². The Hall–Kier alpha value is -2.36. The molecular formula is C22H26N2O5S2.